The molecule has 0 spiro atoms. The van der Waals surface area contributed by atoms with Crippen LogP contribution in [0.3, 0.4) is 0 Å². The van der Waals surface area contributed by atoms with Crippen molar-refractivity contribution >= 4 is 23.2 Å². The molecule has 2 aromatic carbocycles. The number of nitrogens with one attached hydrogen (secondary N) is 1. The summed E-state index contributed by atoms with van der Waals surface area (Å²) in [6.45, 7) is 2.03. The summed E-state index contributed by atoms with van der Waals surface area (Å²) in [5, 5.41) is 4.43. The fourth-order valence-corrected chi connectivity index (χ4v) is 2.61. The van der Waals surface area contributed by atoms with Crippen molar-refractivity contribution in [2.75, 3.05) is 14.2 Å². The van der Waals surface area contributed by atoms with Crippen molar-refractivity contribution in [1.82, 2.24) is 5.32 Å². The predicted octanol–water partition coefficient (Wildman–Crippen LogP) is 4.62. The van der Waals surface area contributed by atoms with E-state index in [1.54, 1.807) is 7.11 Å². The highest BCUT2D eigenvalue weighted by Gasteiger charge is 2.14. The highest BCUT2D eigenvalue weighted by Crippen LogP contribution is 2.30. The van der Waals surface area contributed by atoms with E-state index in [1.807, 2.05) is 38.2 Å². The Hall–Kier alpha value is -1.22. The molecule has 0 fully saturated rings. The smallest absolute Gasteiger partial charge is 0.121 e. The first kappa shape index (κ1) is 15.2. The molecule has 0 bridgehead atoms. The van der Waals surface area contributed by atoms with E-state index in [1.165, 1.54) is 0 Å². The lowest BCUT2D eigenvalue weighted by atomic mass is 9.97. The number of aryl methyl sites for hydroxylation is 1. The van der Waals surface area contributed by atoms with Crippen molar-refractivity contribution in [1.29, 1.82) is 0 Å². The Labute approximate surface area is 129 Å². The Morgan fingerprint density at radius 1 is 1.00 bits per heavy atom. The van der Waals surface area contributed by atoms with Gasteiger partial charge < -0.3 is 10.1 Å². The van der Waals surface area contributed by atoms with Crippen molar-refractivity contribution in [2.45, 2.75) is 13.0 Å². The Bertz CT molecular complexity index is 613. The van der Waals surface area contributed by atoms with E-state index in [9.17, 15) is 0 Å². The highest BCUT2D eigenvalue weighted by molar-refractivity contribution is 6.42. The number of halogens is 2. The Balaban J connectivity index is 2.41. The largest absolute Gasteiger partial charge is 0.496 e. The maximum Gasteiger partial charge on any atom is 0.121 e. The summed E-state index contributed by atoms with van der Waals surface area (Å²) in [5.74, 6) is 0.887. The molecule has 4 heteroatoms. The molecule has 2 aromatic rings. The van der Waals surface area contributed by atoms with Crippen LogP contribution in [0.15, 0.2) is 36.4 Å². The number of ether oxygens (including phenoxy) is 1. The molecule has 2 nitrogen and oxygen atoms in total. The van der Waals surface area contributed by atoms with E-state index in [-0.39, 0.29) is 6.04 Å². The van der Waals surface area contributed by atoms with Crippen LogP contribution in [0.1, 0.15) is 22.7 Å². The summed E-state index contributed by atoms with van der Waals surface area (Å²) in [6, 6.07) is 11.9. The standard InChI is InChI=1S/C16H17Cl2NO/c1-10-8-11(5-7-15(10)20-3)16(19-2)12-4-6-13(17)14(18)9-12/h4-9,16,19H,1-3H3. The first-order valence-corrected chi connectivity index (χ1v) is 7.09. The highest BCUT2D eigenvalue weighted by atomic mass is 35.5. The molecule has 2 rings (SSSR count). The van der Waals surface area contributed by atoms with Gasteiger partial charge in [0, 0.05) is 0 Å². The molecule has 0 heterocycles. The number of rotatable bonds is 4. The lowest BCUT2D eigenvalue weighted by Crippen LogP contribution is -2.17. The molecular formula is C16H17Cl2NO. The first-order valence-electron chi connectivity index (χ1n) is 6.33. The van der Waals surface area contributed by atoms with Crippen LogP contribution in [0.25, 0.3) is 0 Å². The third-order valence-corrected chi connectivity index (χ3v) is 4.06. The van der Waals surface area contributed by atoms with E-state index < -0.39 is 0 Å². The second-order valence-corrected chi connectivity index (χ2v) is 5.44. The number of hydrogen-bond donors (Lipinski definition) is 1. The average molecular weight is 310 g/mol. The molecule has 1 unspecified atom stereocenters. The Kier molecular flexibility index (Phi) is 4.92. The van der Waals surface area contributed by atoms with Crippen molar-refractivity contribution in [3.05, 3.63) is 63.1 Å². The number of methoxy groups -OCH3 is 1. The maximum atomic E-state index is 6.10. The second kappa shape index (κ2) is 6.49. The molecule has 0 saturated heterocycles. The van der Waals surface area contributed by atoms with Crippen molar-refractivity contribution in [3.63, 3.8) is 0 Å². The van der Waals surface area contributed by atoms with E-state index in [4.69, 9.17) is 27.9 Å². The van der Waals surface area contributed by atoms with Crippen LogP contribution in [0.4, 0.5) is 0 Å². The molecule has 1 N–H and O–H groups in total. The maximum absolute atomic E-state index is 6.10. The fourth-order valence-electron chi connectivity index (χ4n) is 2.30. The van der Waals surface area contributed by atoms with Gasteiger partial charge in [0.25, 0.3) is 0 Å². The summed E-state index contributed by atoms with van der Waals surface area (Å²) in [6.07, 6.45) is 0. The van der Waals surface area contributed by atoms with Crippen molar-refractivity contribution in [3.8, 4) is 5.75 Å². The van der Waals surface area contributed by atoms with Crippen LogP contribution in [-0.4, -0.2) is 14.2 Å². The lowest BCUT2D eigenvalue weighted by Gasteiger charge is -2.19. The minimum Gasteiger partial charge on any atom is -0.496 e. The Morgan fingerprint density at radius 2 is 1.65 bits per heavy atom. The van der Waals surface area contributed by atoms with Crippen molar-refractivity contribution < 1.29 is 4.74 Å². The van der Waals surface area contributed by atoms with Gasteiger partial charge in [0.1, 0.15) is 5.75 Å². The van der Waals surface area contributed by atoms with E-state index in [0.717, 1.165) is 22.4 Å². The van der Waals surface area contributed by atoms with E-state index in [0.29, 0.717) is 10.0 Å². The minimum atomic E-state index is 0.0642. The fraction of sp³-hybridized carbons (Fsp3) is 0.250. The summed E-state index contributed by atoms with van der Waals surface area (Å²) in [5.41, 5.74) is 3.33. The number of benzene rings is 2. The van der Waals surface area contributed by atoms with Gasteiger partial charge in [0.2, 0.25) is 0 Å². The summed E-state index contributed by atoms with van der Waals surface area (Å²) in [7, 11) is 3.60. The molecule has 0 aliphatic carbocycles. The van der Waals surface area contributed by atoms with Gasteiger partial charge in [-0.1, -0.05) is 41.4 Å². The van der Waals surface area contributed by atoms with Crippen LogP contribution in [0.5, 0.6) is 5.75 Å². The number of hydrogen-bond acceptors (Lipinski definition) is 2. The first-order chi connectivity index (χ1) is 9.56. The van der Waals surface area contributed by atoms with Gasteiger partial charge in [0.05, 0.1) is 23.2 Å². The van der Waals surface area contributed by atoms with Crippen molar-refractivity contribution in [2.24, 2.45) is 0 Å². The van der Waals surface area contributed by atoms with Gasteiger partial charge >= 0.3 is 0 Å². The van der Waals surface area contributed by atoms with Crippen LogP contribution < -0.4 is 10.1 Å². The topological polar surface area (TPSA) is 21.3 Å². The van der Waals surface area contributed by atoms with Gasteiger partial charge in [-0.2, -0.15) is 0 Å². The van der Waals surface area contributed by atoms with E-state index >= 15 is 0 Å². The van der Waals surface area contributed by atoms with Gasteiger partial charge in [-0.05, 0) is 48.9 Å². The minimum absolute atomic E-state index is 0.0642. The van der Waals surface area contributed by atoms with Crippen LogP contribution >= 0.6 is 23.2 Å². The lowest BCUT2D eigenvalue weighted by molar-refractivity contribution is 0.411. The van der Waals surface area contributed by atoms with Gasteiger partial charge in [0.15, 0.2) is 0 Å². The third kappa shape index (κ3) is 3.09. The summed E-state index contributed by atoms with van der Waals surface area (Å²) >= 11 is 12.1. The van der Waals surface area contributed by atoms with Crippen LogP contribution in [-0.2, 0) is 0 Å². The molecular weight excluding hydrogens is 293 g/mol. The van der Waals surface area contributed by atoms with E-state index in [2.05, 4.69) is 17.4 Å². The van der Waals surface area contributed by atoms with Crippen LogP contribution in [0, 0.1) is 6.92 Å². The third-order valence-electron chi connectivity index (χ3n) is 3.32. The van der Waals surface area contributed by atoms with Gasteiger partial charge in [-0.25, -0.2) is 0 Å². The normalized spacial score (nSPS) is 12.2. The SMILES string of the molecule is CNC(c1ccc(OC)c(C)c1)c1ccc(Cl)c(Cl)c1. The average Bonchev–Trinajstić information content (AvgIpc) is 2.44. The zero-order valence-corrected chi connectivity index (χ0v) is 13.2. The molecule has 106 valence electrons. The van der Waals surface area contributed by atoms with Gasteiger partial charge in [-0.3, -0.25) is 0 Å². The molecule has 0 radical (unpaired) electrons. The molecule has 0 aliphatic heterocycles. The quantitative estimate of drug-likeness (QED) is 0.890. The summed E-state index contributed by atoms with van der Waals surface area (Å²) in [4.78, 5) is 0. The molecule has 0 saturated carbocycles. The molecule has 0 aromatic heterocycles. The van der Waals surface area contributed by atoms with Crippen LogP contribution in [0.2, 0.25) is 10.0 Å². The molecule has 20 heavy (non-hydrogen) atoms. The monoisotopic (exact) mass is 309 g/mol. The zero-order chi connectivity index (χ0) is 14.7. The second-order valence-electron chi connectivity index (χ2n) is 4.62. The summed E-state index contributed by atoms with van der Waals surface area (Å²) < 4.78 is 5.29. The predicted molar refractivity (Wildman–Crippen MR) is 85.1 cm³/mol. The molecule has 0 amide bonds. The molecule has 1 atom stereocenters. The van der Waals surface area contributed by atoms with Gasteiger partial charge in [-0.15, -0.1) is 0 Å². The zero-order valence-electron chi connectivity index (χ0n) is 11.7. The Morgan fingerprint density at radius 3 is 2.20 bits per heavy atom. The molecule has 0 aliphatic rings.